The Balaban J connectivity index is 2.66. The van der Waals surface area contributed by atoms with E-state index in [4.69, 9.17) is 0 Å². The molecule has 0 aromatic heterocycles. The van der Waals surface area contributed by atoms with E-state index in [0.29, 0.717) is 0 Å². The first-order chi connectivity index (χ1) is 7.09. The quantitative estimate of drug-likeness (QED) is 0.584. The van der Waals surface area contributed by atoms with Crippen molar-refractivity contribution in [3.8, 4) is 0 Å². The first kappa shape index (κ1) is 10.2. The van der Waals surface area contributed by atoms with Crippen molar-refractivity contribution in [1.82, 2.24) is 0 Å². The molecule has 1 aliphatic carbocycles. The van der Waals surface area contributed by atoms with Gasteiger partial charge in [-0.05, 0) is 43.0 Å². The zero-order chi connectivity index (χ0) is 11.0. The first-order valence-corrected chi connectivity index (χ1v) is 5.40. The lowest BCUT2D eigenvalue weighted by molar-refractivity contribution is 1.20. The Morgan fingerprint density at radius 2 is 1.60 bits per heavy atom. The average Bonchev–Trinajstić information content (AvgIpc) is 2.32. The van der Waals surface area contributed by atoms with E-state index in [-0.39, 0.29) is 0 Å². The van der Waals surface area contributed by atoms with Crippen LogP contribution in [0.4, 0.5) is 0 Å². The van der Waals surface area contributed by atoms with Crippen LogP contribution < -0.4 is 0 Å². The Morgan fingerprint density at radius 1 is 0.867 bits per heavy atom. The van der Waals surface area contributed by atoms with Crippen LogP contribution in [0.25, 0.3) is 6.08 Å². The van der Waals surface area contributed by atoms with Gasteiger partial charge < -0.3 is 0 Å². The Labute approximate surface area is 92.3 Å². The second-order valence-electron chi connectivity index (χ2n) is 4.37. The average molecular weight is 197 g/mol. The molecule has 0 nitrogen and oxygen atoms in total. The van der Waals surface area contributed by atoms with Gasteiger partial charge in [0.05, 0.1) is 0 Å². The standard InChI is InChI=1S/C15H17/c1-10-5-7-15-13(4)11(2)6-8-14(15)12(3)9-10/h5-9H,1-4H3. The van der Waals surface area contributed by atoms with E-state index < -0.39 is 0 Å². The van der Waals surface area contributed by atoms with E-state index in [2.05, 4.69) is 58.1 Å². The highest BCUT2D eigenvalue weighted by Crippen LogP contribution is 2.29. The summed E-state index contributed by atoms with van der Waals surface area (Å²) in [5, 5.41) is 0. The molecule has 1 aromatic carbocycles. The van der Waals surface area contributed by atoms with Crippen LogP contribution in [0.1, 0.15) is 36.1 Å². The highest BCUT2D eigenvalue weighted by Gasteiger charge is 2.13. The van der Waals surface area contributed by atoms with E-state index in [9.17, 15) is 0 Å². The molecule has 1 aromatic rings. The van der Waals surface area contributed by atoms with Crippen molar-refractivity contribution in [1.29, 1.82) is 0 Å². The smallest absolute Gasteiger partial charge is 0.0244 e. The fourth-order valence-corrected chi connectivity index (χ4v) is 2.08. The minimum atomic E-state index is 1.32. The summed E-state index contributed by atoms with van der Waals surface area (Å²) in [5.41, 5.74) is 6.82. The van der Waals surface area contributed by atoms with Crippen molar-refractivity contribution >= 4 is 6.08 Å². The third kappa shape index (κ3) is 1.77. The molecule has 0 aliphatic heterocycles. The van der Waals surface area contributed by atoms with Crippen molar-refractivity contribution in [3.05, 3.63) is 58.0 Å². The molecule has 15 heavy (non-hydrogen) atoms. The number of allylic oxidation sites excluding steroid dienone is 3. The van der Waals surface area contributed by atoms with Gasteiger partial charge in [-0.25, -0.2) is 0 Å². The lowest BCUT2D eigenvalue weighted by Gasteiger charge is -2.13. The Morgan fingerprint density at radius 3 is 2.33 bits per heavy atom. The lowest BCUT2D eigenvalue weighted by Crippen LogP contribution is -1.97. The van der Waals surface area contributed by atoms with Crippen LogP contribution in [0.3, 0.4) is 0 Å². The van der Waals surface area contributed by atoms with E-state index in [1.807, 2.05) is 0 Å². The molecule has 0 heteroatoms. The summed E-state index contributed by atoms with van der Waals surface area (Å²) in [6, 6.07) is 4.44. The van der Waals surface area contributed by atoms with Crippen LogP contribution in [-0.4, -0.2) is 0 Å². The zero-order valence-electron chi connectivity index (χ0n) is 9.89. The monoisotopic (exact) mass is 197 g/mol. The molecule has 0 saturated heterocycles. The van der Waals surface area contributed by atoms with Gasteiger partial charge in [-0.1, -0.05) is 42.9 Å². The van der Waals surface area contributed by atoms with Crippen molar-refractivity contribution in [2.24, 2.45) is 0 Å². The van der Waals surface area contributed by atoms with Gasteiger partial charge in [-0.3, -0.25) is 0 Å². The third-order valence-electron chi connectivity index (χ3n) is 3.17. The predicted octanol–water partition coefficient (Wildman–Crippen LogP) is 4.22. The number of hydrogen-bond acceptors (Lipinski definition) is 0. The van der Waals surface area contributed by atoms with Crippen LogP contribution in [0, 0.1) is 19.8 Å². The van der Waals surface area contributed by atoms with Gasteiger partial charge in [-0.2, -0.15) is 0 Å². The van der Waals surface area contributed by atoms with Gasteiger partial charge in [0.25, 0.3) is 0 Å². The van der Waals surface area contributed by atoms with Crippen LogP contribution in [0.2, 0.25) is 0 Å². The van der Waals surface area contributed by atoms with Crippen molar-refractivity contribution in [3.63, 3.8) is 0 Å². The van der Waals surface area contributed by atoms with Gasteiger partial charge in [0.15, 0.2) is 0 Å². The molecule has 1 aliphatic rings. The number of hydrogen-bond donors (Lipinski definition) is 0. The van der Waals surface area contributed by atoms with Crippen LogP contribution in [0.15, 0.2) is 29.9 Å². The molecule has 0 fully saturated rings. The second kappa shape index (κ2) is 3.69. The molecule has 0 unspecified atom stereocenters. The predicted molar refractivity (Wildman–Crippen MR) is 66.7 cm³/mol. The topological polar surface area (TPSA) is 0 Å². The SMILES string of the molecule is C[C]1C=C(C)C=Cc2c1ccc(C)c2C. The summed E-state index contributed by atoms with van der Waals surface area (Å²) in [6.45, 7) is 8.70. The maximum Gasteiger partial charge on any atom is 0.0244 e. The normalized spacial score (nSPS) is 15.9. The van der Waals surface area contributed by atoms with Gasteiger partial charge in [0.2, 0.25) is 0 Å². The molecular formula is C15H17. The second-order valence-corrected chi connectivity index (χ2v) is 4.37. The molecular weight excluding hydrogens is 180 g/mol. The van der Waals surface area contributed by atoms with E-state index in [1.54, 1.807) is 0 Å². The van der Waals surface area contributed by atoms with E-state index >= 15 is 0 Å². The number of fused-ring (bicyclic) bond motifs is 1. The van der Waals surface area contributed by atoms with Crippen LogP contribution >= 0.6 is 0 Å². The Kier molecular flexibility index (Phi) is 2.52. The van der Waals surface area contributed by atoms with Gasteiger partial charge in [0.1, 0.15) is 0 Å². The molecule has 0 heterocycles. The fourth-order valence-electron chi connectivity index (χ4n) is 2.08. The number of aryl methyl sites for hydroxylation is 1. The lowest BCUT2D eigenvalue weighted by atomic mass is 9.91. The van der Waals surface area contributed by atoms with Gasteiger partial charge >= 0.3 is 0 Å². The Bertz CT molecular complexity index is 447. The van der Waals surface area contributed by atoms with Crippen LogP contribution in [-0.2, 0) is 0 Å². The maximum atomic E-state index is 2.25. The summed E-state index contributed by atoms with van der Waals surface area (Å²) < 4.78 is 0. The molecule has 0 N–H and O–H groups in total. The zero-order valence-corrected chi connectivity index (χ0v) is 9.89. The summed E-state index contributed by atoms with van der Waals surface area (Å²) in [5.74, 6) is 1.36. The fraction of sp³-hybridized carbons (Fsp3) is 0.267. The van der Waals surface area contributed by atoms with E-state index in [0.717, 1.165) is 0 Å². The summed E-state index contributed by atoms with van der Waals surface area (Å²) >= 11 is 0. The molecule has 1 radical (unpaired) electrons. The van der Waals surface area contributed by atoms with Crippen LogP contribution in [0.5, 0.6) is 0 Å². The molecule has 77 valence electrons. The first-order valence-electron chi connectivity index (χ1n) is 5.40. The minimum absolute atomic E-state index is 1.32. The molecule has 0 amide bonds. The number of rotatable bonds is 0. The highest BCUT2D eigenvalue weighted by atomic mass is 14.2. The van der Waals surface area contributed by atoms with Crippen molar-refractivity contribution in [2.45, 2.75) is 27.7 Å². The molecule has 0 spiro atoms. The van der Waals surface area contributed by atoms with Gasteiger partial charge in [-0.15, -0.1) is 0 Å². The molecule has 0 saturated carbocycles. The van der Waals surface area contributed by atoms with E-state index in [1.165, 1.54) is 33.7 Å². The number of benzene rings is 1. The Hall–Kier alpha value is -1.30. The van der Waals surface area contributed by atoms with Crippen molar-refractivity contribution < 1.29 is 0 Å². The molecule has 2 rings (SSSR count). The summed E-state index contributed by atoms with van der Waals surface area (Å²) in [4.78, 5) is 0. The third-order valence-corrected chi connectivity index (χ3v) is 3.17. The minimum Gasteiger partial charge on any atom is -0.0701 e. The largest absolute Gasteiger partial charge is 0.0701 e. The molecule has 0 bridgehead atoms. The summed E-state index contributed by atoms with van der Waals surface area (Å²) in [6.07, 6.45) is 6.68. The maximum absolute atomic E-state index is 2.25. The summed E-state index contributed by atoms with van der Waals surface area (Å²) in [7, 11) is 0. The van der Waals surface area contributed by atoms with Gasteiger partial charge in [0, 0.05) is 5.92 Å². The molecule has 0 atom stereocenters. The highest BCUT2D eigenvalue weighted by molar-refractivity contribution is 5.67. The van der Waals surface area contributed by atoms with Crippen molar-refractivity contribution in [2.75, 3.05) is 0 Å².